The van der Waals surface area contributed by atoms with E-state index in [9.17, 15) is 71.5 Å². The summed E-state index contributed by atoms with van der Waals surface area (Å²) in [4.78, 5) is 89.0. The lowest BCUT2D eigenvalue weighted by atomic mass is 9.81. The van der Waals surface area contributed by atoms with Crippen molar-refractivity contribution in [2.45, 2.75) is 92.9 Å². The number of hydrogen-bond donors (Lipinski definition) is 6. The van der Waals surface area contributed by atoms with E-state index in [2.05, 4.69) is 85.0 Å². The smallest absolute Gasteiger partial charge is 0.423 e. The second-order valence-corrected chi connectivity index (χ2v) is 24.8. The van der Waals surface area contributed by atoms with Crippen molar-refractivity contribution < 1.29 is 76.6 Å². The Balaban J connectivity index is 0.000000198. The first-order chi connectivity index (χ1) is 53.5. The molecule has 28 nitrogen and oxygen atoms in total. The lowest BCUT2D eigenvalue weighted by Crippen LogP contribution is -2.32. The number of halogens is 16. The van der Waals surface area contributed by atoms with Crippen LogP contribution in [0.2, 0.25) is 15.7 Å². The van der Waals surface area contributed by atoms with Crippen molar-refractivity contribution >= 4 is 80.9 Å². The maximum Gasteiger partial charge on any atom is 0.494 e. The average molecular weight is 1680 g/mol. The zero-order valence-corrected chi connectivity index (χ0v) is 61.3. The third-order valence-electron chi connectivity index (χ3n) is 16.2. The summed E-state index contributed by atoms with van der Waals surface area (Å²) < 4.78 is 182. The second kappa shape index (κ2) is 37.0. The van der Waals surface area contributed by atoms with E-state index in [0.29, 0.717) is 68.7 Å². The minimum absolute atomic E-state index is 0. The molecule has 0 radical (unpaired) electrons. The number of benzene rings is 3. The molecular formula is C70H66BCl3F13N21O7. The Bertz CT molecular complexity index is 5890. The number of hydrogen-bond acceptors (Lipinski definition) is 19. The number of nitrogens with zero attached hydrogens (tertiary/aromatic N) is 17. The number of imidazole rings is 6. The van der Waals surface area contributed by atoms with Gasteiger partial charge in [-0.2, -0.15) is 67.0 Å². The van der Waals surface area contributed by atoms with Gasteiger partial charge in [-0.05, 0) is 78.0 Å². The van der Waals surface area contributed by atoms with E-state index in [1.807, 2.05) is 13.8 Å². The maximum atomic E-state index is 13.0. The molecule has 0 spiro atoms. The molecule has 608 valence electrons. The third kappa shape index (κ3) is 20.8. The zero-order valence-electron chi connectivity index (χ0n) is 59.1. The lowest BCUT2D eigenvalue weighted by Gasteiger charge is -2.10. The van der Waals surface area contributed by atoms with E-state index in [1.165, 1.54) is 92.3 Å². The Labute approximate surface area is 656 Å². The molecule has 0 saturated carbocycles. The molecule has 11 aromatic heterocycles. The molecule has 0 unspecified atom stereocenters. The molecule has 0 saturated heterocycles. The molecule has 0 aliphatic carbocycles. The van der Waals surface area contributed by atoms with Crippen molar-refractivity contribution in [2.75, 3.05) is 7.05 Å². The van der Waals surface area contributed by atoms with Crippen molar-refractivity contribution in [1.82, 2.24) is 97.2 Å². The number of H-pyrrole nitrogens is 3. The monoisotopic (exact) mass is 1680 g/mol. The molecule has 3 aromatic carbocycles. The fourth-order valence-electron chi connectivity index (χ4n) is 11.2. The summed E-state index contributed by atoms with van der Waals surface area (Å²) in [6.45, 7) is -1.99. The summed E-state index contributed by atoms with van der Waals surface area (Å²) in [6.07, 6.45) is -7.29. The molecule has 14 aromatic rings. The van der Waals surface area contributed by atoms with Crippen LogP contribution < -0.4 is 37.7 Å². The summed E-state index contributed by atoms with van der Waals surface area (Å²) >= 11 is 17.8. The minimum Gasteiger partial charge on any atom is -0.423 e. The Morgan fingerprint density at radius 3 is 1.17 bits per heavy atom. The largest absolute Gasteiger partial charge is 0.494 e. The maximum absolute atomic E-state index is 13.0. The van der Waals surface area contributed by atoms with Gasteiger partial charge in [-0.3, -0.25) is 13.7 Å². The van der Waals surface area contributed by atoms with Gasteiger partial charge in [0.2, 0.25) is 22.3 Å². The lowest BCUT2D eigenvalue weighted by molar-refractivity contribution is -0.141. The highest BCUT2D eigenvalue weighted by atomic mass is 35.5. The van der Waals surface area contributed by atoms with Crippen molar-refractivity contribution in [3.8, 4) is 57.3 Å². The van der Waals surface area contributed by atoms with Gasteiger partial charge in [-0.1, -0.05) is 119 Å². The summed E-state index contributed by atoms with van der Waals surface area (Å²) in [7, 11) is 4.10. The van der Waals surface area contributed by atoms with Crippen LogP contribution in [0.1, 0.15) is 73.9 Å². The summed E-state index contributed by atoms with van der Waals surface area (Å²) in [5, 5.41) is 17.4. The van der Waals surface area contributed by atoms with Crippen LogP contribution in [-0.4, -0.2) is 135 Å². The molecule has 0 fully saturated rings. The van der Waals surface area contributed by atoms with Crippen LogP contribution in [0.3, 0.4) is 0 Å². The fraction of sp³-hybridized carbons (Fsp3) is 0.257. The molecule has 0 amide bonds. The Hall–Kier alpha value is -11.9. The number of aromatic amines is 3. The molecule has 0 aliphatic rings. The first-order valence-electron chi connectivity index (χ1n) is 32.8. The average Bonchev–Trinajstić information content (AvgIpc) is 1.65. The van der Waals surface area contributed by atoms with Crippen LogP contribution in [0.15, 0.2) is 142 Å². The number of aromatic nitrogens is 20. The van der Waals surface area contributed by atoms with Crippen molar-refractivity contribution in [3.05, 3.63) is 220 Å². The normalized spacial score (nSPS) is 11.5. The van der Waals surface area contributed by atoms with E-state index in [4.69, 9.17) is 44.9 Å². The van der Waals surface area contributed by atoms with Crippen LogP contribution >= 0.6 is 34.8 Å². The number of ether oxygens (including phenoxy) is 2. The van der Waals surface area contributed by atoms with Gasteiger partial charge in [-0.25, -0.2) is 59.2 Å². The van der Waals surface area contributed by atoms with Crippen LogP contribution in [0, 0.1) is 0 Å². The highest BCUT2D eigenvalue weighted by Gasteiger charge is 2.37. The zero-order chi connectivity index (χ0) is 82.3. The van der Waals surface area contributed by atoms with E-state index in [-0.39, 0.29) is 113 Å². The fourth-order valence-corrected chi connectivity index (χ4v) is 11.8. The summed E-state index contributed by atoms with van der Waals surface area (Å²) in [6, 6.07) is 25.6. The molecule has 0 bridgehead atoms. The van der Waals surface area contributed by atoms with E-state index in [1.54, 1.807) is 72.8 Å². The SMILES string of the molecule is C.C.CCc1nc(-c2cccnc2OC(F)F)nc2c1[nH]c(=O)n2Cc1ccc(-c2nc(C(F)(F)F)cn2C)cc1.CCc1nc(Cl)nc2c1[nH]c(=O)n2Cc1ccc(-c2nc(C(F)(F)F)cn2C)cc1.CN.Cn1cc(C(F)(F)F)nc1-c1ccc(Cn2c(=O)[nH]c3c(Cl)nc(Cl)nc32)cc1.OB(O)c1cccnc1OC(F)F. The molecule has 7 N–H and O–H groups in total. The molecule has 11 heterocycles. The van der Waals surface area contributed by atoms with Gasteiger partial charge in [0.15, 0.2) is 45.0 Å². The molecule has 45 heteroatoms. The Kier molecular flexibility index (Phi) is 28.5. The summed E-state index contributed by atoms with van der Waals surface area (Å²) in [5.41, 5.74) is 7.16. The van der Waals surface area contributed by atoms with Gasteiger partial charge in [0, 0.05) is 74.3 Å². The van der Waals surface area contributed by atoms with E-state index >= 15 is 0 Å². The van der Waals surface area contributed by atoms with Gasteiger partial charge in [0.1, 0.15) is 34.0 Å². The second-order valence-electron chi connectivity index (χ2n) is 23.7. The Morgan fingerprint density at radius 1 is 0.470 bits per heavy atom. The predicted octanol–water partition coefficient (Wildman–Crippen LogP) is 12.7. The third-order valence-corrected chi connectivity index (χ3v) is 16.9. The quantitative estimate of drug-likeness (QED) is 0.0213. The highest BCUT2D eigenvalue weighted by Crippen LogP contribution is 2.35. The van der Waals surface area contributed by atoms with Crippen molar-refractivity contribution in [2.24, 2.45) is 26.9 Å². The van der Waals surface area contributed by atoms with Gasteiger partial charge < -0.3 is 53.9 Å². The van der Waals surface area contributed by atoms with Gasteiger partial charge in [0.25, 0.3) is 0 Å². The number of fused-ring (bicyclic) bond motifs is 3. The first-order valence-corrected chi connectivity index (χ1v) is 33.9. The number of nitrogens with one attached hydrogen (secondary N) is 3. The molecule has 115 heavy (non-hydrogen) atoms. The Morgan fingerprint density at radius 2 is 0.809 bits per heavy atom. The topological polar surface area (TPSA) is 355 Å². The predicted molar refractivity (Wildman–Crippen MR) is 401 cm³/mol. The standard InChI is InChI=1S/C25H20F5N7O2.C19H16ClF3N6O.C17H11Cl2F3N6O.C6H6BF2NO3.CH5N.2CH4/c1-3-16-18-21(35-19(32-16)15-5-4-10-31-22(15)39-23(26)27)37(24(38)34-18)11-13-6-8-14(9-7-13)20-33-17(12-36(20)2)25(28,29)30;1-3-12-14-16(27-17(20)24-12)29(18(30)26-14)8-10-4-6-11(7-5-10)15-25-13(9-28(15)2)19(21,22)23;1-27-7-10(17(20,21)22)23-13(27)9-4-2-8(3-5-9)6-28-14-11(24-16(28)29)12(18)25-15(19)26-14;8-6(9)13-5-4(7(11)12)2-1-3-10-5;1-2;;/h4-10,12,23H,3,11H2,1-2H3,(H,34,38);4-7,9H,3,8H2,1-2H3,(H,26,30);2-5,7H,6H2,1H3,(H,24,29);1-3,6,11-12H;2H2,1H3;2*1H4. The molecular weight excluding hydrogens is 1610 g/mol. The van der Waals surface area contributed by atoms with Crippen LogP contribution in [0.5, 0.6) is 11.8 Å². The molecule has 14 rings (SSSR count). The van der Waals surface area contributed by atoms with Crippen LogP contribution in [0.4, 0.5) is 57.1 Å². The van der Waals surface area contributed by atoms with Crippen LogP contribution in [0.25, 0.3) is 79.0 Å². The van der Waals surface area contributed by atoms with Crippen LogP contribution in [-0.2, 0) is 72.1 Å². The number of aryl methyl sites for hydroxylation is 5. The van der Waals surface area contributed by atoms with Gasteiger partial charge in [-0.15, -0.1) is 0 Å². The minimum atomic E-state index is -4.56. The first kappa shape index (κ1) is 88.7. The van der Waals surface area contributed by atoms with Gasteiger partial charge >= 0.3 is 55.9 Å². The number of pyridine rings is 2. The number of rotatable bonds is 17. The van der Waals surface area contributed by atoms with E-state index < -0.39 is 73.2 Å². The molecule has 0 atom stereocenters. The van der Waals surface area contributed by atoms with Crippen molar-refractivity contribution in [1.29, 1.82) is 0 Å². The molecule has 0 aliphatic heterocycles. The van der Waals surface area contributed by atoms with Gasteiger partial charge in [0.05, 0.1) is 36.6 Å². The summed E-state index contributed by atoms with van der Waals surface area (Å²) in [5.74, 6) is -0.253. The van der Waals surface area contributed by atoms with Crippen molar-refractivity contribution in [3.63, 3.8) is 0 Å². The van der Waals surface area contributed by atoms with E-state index in [0.717, 1.165) is 24.2 Å². The number of nitrogens with two attached hydrogens (primary N) is 1. The highest BCUT2D eigenvalue weighted by molar-refractivity contribution is 6.59. The number of alkyl halides is 13.